The molecule has 3 rings (SSSR count). The van der Waals surface area contributed by atoms with Crippen LogP contribution in [0.5, 0.6) is 0 Å². The second kappa shape index (κ2) is 5.89. The lowest BCUT2D eigenvalue weighted by Gasteiger charge is -2.39. The Hall–Kier alpha value is -0.120. The third-order valence-corrected chi connectivity index (χ3v) is 5.13. The molecule has 0 spiro atoms. The van der Waals surface area contributed by atoms with Gasteiger partial charge in [-0.25, -0.2) is 0 Å². The average molecular weight is 252 g/mol. The lowest BCUT2D eigenvalue weighted by atomic mass is 9.86. The van der Waals surface area contributed by atoms with Crippen LogP contribution in [0.25, 0.3) is 0 Å². The van der Waals surface area contributed by atoms with Crippen LogP contribution >= 0.6 is 0 Å². The van der Waals surface area contributed by atoms with Gasteiger partial charge in [0, 0.05) is 24.7 Å². The number of hydrogen-bond acceptors (Lipinski definition) is 3. The fourth-order valence-corrected chi connectivity index (χ4v) is 4.13. The molecule has 0 amide bonds. The van der Waals surface area contributed by atoms with Crippen LogP contribution in [0.1, 0.15) is 51.9 Å². The smallest absolute Gasteiger partial charge is 0.0604 e. The van der Waals surface area contributed by atoms with E-state index in [2.05, 4.69) is 17.6 Å². The van der Waals surface area contributed by atoms with Crippen LogP contribution in [-0.2, 0) is 4.74 Å². The molecule has 1 saturated heterocycles. The maximum absolute atomic E-state index is 5.65. The molecular formula is C15H28N2O. The van der Waals surface area contributed by atoms with E-state index in [-0.39, 0.29) is 0 Å². The van der Waals surface area contributed by atoms with Gasteiger partial charge < -0.3 is 15.4 Å². The first-order valence-corrected chi connectivity index (χ1v) is 7.98. The molecule has 0 aromatic heterocycles. The molecule has 3 atom stereocenters. The van der Waals surface area contributed by atoms with Crippen molar-refractivity contribution in [1.82, 2.24) is 10.6 Å². The van der Waals surface area contributed by atoms with E-state index in [9.17, 15) is 0 Å². The molecule has 1 aliphatic heterocycles. The standard InChI is InChI=1S/C15H28N2O/c1-2-18-12-9-11(10-12)17-15-6-3-5-13(15)14-7-4-8-16-14/h11-17H,2-10H2,1H3. The van der Waals surface area contributed by atoms with E-state index in [1.807, 2.05) is 0 Å². The van der Waals surface area contributed by atoms with Crippen molar-refractivity contribution in [3.05, 3.63) is 0 Å². The molecule has 1 heterocycles. The average Bonchev–Trinajstić information content (AvgIpc) is 2.96. The fraction of sp³-hybridized carbons (Fsp3) is 1.00. The number of nitrogens with one attached hydrogen (secondary N) is 2. The zero-order valence-electron chi connectivity index (χ0n) is 11.7. The first-order chi connectivity index (χ1) is 8.86. The maximum Gasteiger partial charge on any atom is 0.0604 e. The van der Waals surface area contributed by atoms with Crippen LogP contribution in [0.2, 0.25) is 0 Å². The van der Waals surface area contributed by atoms with Gasteiger partial charge in [-0.3, -0.25) is 0 Å². The highest BCUT2D eigenvalue weighted by atomic mass is 16.5. The Morgan fingerprint density at radius 1 is 1.17 bits per heavy atom. The van der Waals surface area contributed by atoms with E-state index in [4.69, 9.17) is 4.74 Å². The van der Waals surface area contributed by atoms with Crippen LogP contribution in [0, 0.1) is 5.92 Å². The van der Waals surface area contributed by atoms with Crippen LogP contribution in [-0.4, -0.2) is 37.4 Å². The predicted octanol–water partition coefficient (Wildman–Crippen LogP) is 2.06. The minimum Gasteiger partial charge on any atom is -0.378 e. The topological polar surface area (TPSA) is 33.3 Å². The Balaban J connectivity index is 1.44. The maximum atomic E-state index is 5.65. The highest BCUT2D eigenvalue weighted by Gasteiger charge is 2.38. The summed E-state index contributed by atoms with van der Waals surface area (Å²) in [5.74, 6) is 0.888. The van der Waals surface area contributed by atoms with Crippen molar-refractivity contribution >= 4 is 0 Å². The molecule has 2 saturated carbocycles. The third-order valence-electron chi connectivity index (χ3n) is 5.13. The Kier molecular flexibility index (Phi) is 4.22. The van der Waals surface area contributed by atoms with Crippen molar-refractivity contribution in [3.63, 3.8) is 0 Å². The summed E-state index contributed by atoms with van der Waals surface area (Å²) in [4.78, 5) is 0. The van der Waals surface area contributed by atoms with Gasteiger partial charge in [-0.1, -0.05) is 6.42 Å². The molecule has 3 aliphatic rings. The monoisotopic (exact) mass is 252 g/mol. The van der Waals surface area contributed by atoms with Crippen molar-refractivity contribution in [2.45, 2.75) is 76.1 Å². The molecule has 0 bridgehead atoms. The van der Waals surface area contributed by atoms with Crippen LogP contribution in [0.3, 0.4) is 0 Å². The highest BCUT2D eigenvalue weighted by molar-refractivity contribution is 4.97. The third kappa shape index (κ3) is 2.73. The van der Waals surface area contributed by atoms with E-state index in [1.165, 1.54) is 51.5 Å². The molecule has 0 radical (unpaired) electrons. The molecule has 3 heteroatoms. The Morgan fingerprint density at radius 3 is 2.78 bits per heavy atom. The SMILES string of the molecule is CCOC1CC(NC2CCCC2C2CCCN2)C1. The summed E-state index contributed by atoms with van der Waals surface area (Å²) in [5, 5.41) is 7.61. The molecular weight excluding hydrogens is 224 g/mol. The molecule has 3 unspecified atom stereocenters. The summed E-state index contributed by atoms with van der Waals surface area (Å²) in [5.41, 5.74) is 0. The second-order valence-electron chi connectivity index (χ2n) is 6.32. The van der Waals surface area contributed by atoms with Crippen molar-refractivity contribution in [1.29, 1.82) is 0 Å². The Labute approximate surface area is 111 Å². The van der Waals surface area contributed by atoms with Gasteiger partial charge in [0.15, 0.2) is 0 Å². The zero-order chi connectivity index (χ0) is 12.4. The summed E-state index contributed by atoms with van der Waals surface area (Å²) in [6.45, 7) is 4.21. The Morgan fingerprint density at radius 2 is 2.06 bits per heavy atom. The quantitative estimate of drug-likeness (QED) is 0.786. The van der Waals surface area contributed by atoms with Gasteiger partial charge in [0.25, 0.3) is 0 Å². The minimum atomic E-state index is 0.539. The van der Waals surface area contributed by atoms with Gasteiger partial charge in [-0.15, -0.1) is 0 Å². The molecule has 0 aromatic rings. The molecule has 2 N–H and O–H groups in total. The van der Waals surface area contributed by atoms with E-state index in [1.54, 1.807) is 0 Å². The normalized spacial score (nSPS) is 44.2. The number of ether oxygens (including phenoxy) is 1. The molecule has 2 aliphatic carbocycles. The first-order valence-electron chi connectivity index (χ1n) is 7.98. The first kappa shape index (κ1) is 12.9. The van der Waals surface area contributed by atoms with Gasteiger partial charge in [0.2, 0.25) is 0 Å². The number of hydrogen-bond donors (Lipinski definition) is 2. The summed E-state index contributed by atoms with van der Waals surface area (Å²) >= 11 is 0. The molecule has 18 heavy (non-hydrogen) atoms. The molecule has 0 aromatic carbocycles. The second-order valence-corrected chi connectivity index (χ2v) is 6.32. The van der Waals surface area contributed by atoms with Crippen molar-refractivity contribution in [3.8, 4) is 0 Å². The summed E-state index contributed by atoms with van der Waals surface area (Å²) < 4.78 is 5.65. The van der Waals surface area contributed by atoms with E-state index in [0.29, 0.717) is 6.10 Å². The largest absolute Gasteiger partial charge is 0.378 e. The lowest BCUT2D eigenvalue weighted by molar-refractivity contribution is -0.0138. The van der Waals surface area contributed by atoms with Crippen molar-refractivity contribution in [2.75, 3.05) is 13.2 Å². The zero-order valence-corrected chi connectivity index (χ0v) is 11.7. The molecule has 104 valence electrons. The van der Waals surface area contributed by atoms with Crippen LogP contribution in [0.4, 0.5) is 0 Å². The van der Waals surface area contributed by atoms with Crippen molar-refractivity contribution in [2.24, 2.45) is 5.92 Å². The van der Waals surface area contributed by atoms with Gasteiger partial charge in [-0.05, 0) is 57.9 Å². The van der Waals surface area contributed by atoms with Crippen LogP contribution < -0.4 is 10.6 Å². The molecule has 3 fully saturated rings. The van der Waals surface area contributed by atoms with Gasteiger partial charge in [-0.2, -0.15) is 0 Å². The summed E-state index contributed by atoms with van der Waals surface area (Å²) in [7, 11) is 0. The fourth-order valence-electron chi connectivity index (χ4n) is 4.13. The number of rotatable bonds is 5. The summed E-state index contributed by atoms with van der Waals surface area (Å²) in [6, 6.07) is 2.30. The lowest BCUT2D eigenvalue weighted by Crippen LogP contribution is -2.52. The Bertz CT molecular complexity index is 259. The van der Waals surface area contributed by atoms with E-state index >= 15 is 0 Å². The van der Waals surface area contributed by atoms with Gasteiger partial charge >= 0.3 is 0 Å². The van der Waals surface area contributed by atoms with Crippen LogP contribution in [0.15, 0.2) is 0 Å². The predicted molar refractivity (Wildman–Crippen MR) is 73.7 cm³/mol. The molecule has 3 nitrogen and oxygen atoms in total. The van der Waals surface area contributed by atoms with Gasteiger partial charge in [0.1, 0.15) is 0 Å². The van der Waals surface area contributed by atoms with E-state index in [0.717, 1.165) is 30.7 Å². The highest BCUT2D eigenvalue weighted by Crippen LogP contribution is 2.34. The minimum absolute atomic E-state index is 0.539. The van der Waals surface area contributed by atoms with Gasteiger partial charge in [0.05, 0.1) is 6.10 Å². The summed E-state index contributed by atoms with van der Waals surface area (Å²) in [6.07, 6.45) is 10.0. The van der Waals surface area contributed by atoms with Crippen molar-refractivity contribution < 1.29 is 4.74 Å². The van der Waals surface area contributed by atoms with E-state index < -0.39 is 0 Å².